The molecule has 0 spiro atoms. The molecule has 1 aliphatic heterocycles. The Hall–Kier alpha value is -0.140. The van der Waals surface area contributed by atoms with Gasteiger partial charge in [-0.3, -0.25) is 4.79 Å². The number of thiophene rings is 1. The van der Waals surface area contributed by atoms with E-state index in [1.165, 1.54) is 11.3 Å². The normalized spacial score (nSPS) is 23.0. The van der Waals surface area contributed by atoms with Crippen LogP contribution in [0.4, 0.5) is 0 Å². The molecule has 1 aliphatic rings. The first-order chi connectivity index (χ1) is 8.67. The molecule has 0 saturated carbocycles. The lowest BCUT2D eigenvalue weighted by Crippen LogP contribution is -2.51. The van der Waals surface area contributed by atoms with Crippen molar-refractivity contribution in [2.75, 3.05) is 20.2 Å². The Morgan fingerprint density at radius 3 is 2.95 bits per heavy atom. The Kier molecular flexibility index (Phi) is 6.76. The number of rotatable bonds is 3. The van der Waals surface area contributed by atoms with E-state index < -0.39 is 0 Å². The van der Waals surface area contributed by atoms with Gasteiger partial charge in [0.1, 0.15) is 4.88 Å². The Labute approximate surface area is 131 Å². The number of likely N-dealkylation sites (tertiary alicyclic amines) is 1. The average Bonchev–Trinajstić information content (AvgIpc) is 2.83. The fourth-order valence-corrected chi connectivity index (χ4v) is 3.79. The maximum atomic E-state index is 12.5. The number of carbonyl (C=O) groups is 1. The highest BCUT2D eigenvalue weighted by Gasteiger charge is 2.32. The van der Waals surface area contributed by atoms with E-state index >= 15 is 0 Å². The number of carbonyl (C=O) groups excluding carboxylic acids is 1. The van der Waals surface area contributed by atoms with Crippen LogP contribution in [-0.4, -0.2) is 43.2 Å². The van der Waals surface area contributed by atoms with Crippen molar-refractivity contribution in [1.29, 1.82) is 0 Å². The predicted molar refractivity (Wildman–Crippen MR) is 83.2 cm³/mol. The van der Waals surface area contributed by atoms with Crippen LogP contribution in [0.25, 0.3) is 0 Å². The van der Waals surface area contributed by atoms with Crippen LogP contribution >= 0.6 is 39.7 Å². The first kappa shape index (κ1) is 16.9. The summed E-state index contributed by atoms with van der Waals surface area (Å²) in [6.07, 6.45) is 1.91. The van der Waals surface area contributed by atoms with Crippen molar-refractivity contribution in [2.45, 2.75) is 25.0 Å². The van der Waals surface area contributed by atoms with Crippen LogP contribution in [0.15, 0.2) is 15.9 Å². The summed E-state index contributed by atoms with van der Waals surface area (Å²) in [7, 11) is 1.71. The zero-order valence-corrected chi connectivity index (χ0v) is 13.9. The Morgan fingerprint density at radius 1 is 1.68 bits per heavy atom. The summed E-state index contributed by atoms with van der Waals surface area (Å²) < 4.78 is 6.23. The smallest absolute Gasteiger partial charge is 0.265 e. The molecule has 2 atom stereocenters. The van der Waals surface area contributed by atoms with Crippen LogP contribution in [0.5, 0.6) is 0 Å². The lowest BCUT2D eigenvalue weighted by Gasteiger charge is -2.38. The zero-order chi connectivity index (χ0) is 13.1. The molecular weight excluding hydrogens is 352 g/mol. The highest BCUT2D eigenvalue weighted by atomic mass is 79.9. The van der Waals surface area contributed by atoms with Gasteiger partial charge in [0.15, 0.2) is 0 Å². The number of ether oxygens (including phenoxy) is 1. The molecule has 0 radical (unpaired) electrons. The number of halogens is 2. The van der Waals surface area contributed by atoms with Crippen molar-refractivity contribution in [1.82, 2.24) is 4.90 Å². The molecule has 0 aromatic carbocycles. The van der Waals surface area contributed by atoms with Gasteiger partial charge in [-0.15, -0.1) is 23.7 Å². The van der Waals surface area contributed by atoms with Crippen molar-refractivity contribution >= 4 is 45.6 Å². The molecule has 0 aliphatic carbocycles. The van der Waals surface area contributed by atoms with Crippen molar-refractivity contribution in [2.24, 2.45) is 5.73 Å². The average molecular weight is 370 g/mol. The number of hydrogen-bond acceptors (Lipinski definition) is 4. The number of nitrogens with two attached hydrogens (primary N) is 1. The molecular formula is C12H18BrClN2O2S. The molecule has 1 amide bonds. The molecule has 1 saturated heterocycles. The van der Waals surface area contributed by atoms with Gasteiger partial charge in [-0.2, -0.15) is 0 Å². The molecule has 1 fully saturated rings. The Balaban J connectivity index is 0.00000180. The Morgan fingerprint density at radius 2 is 2.42 bits per heavy atom. The van der Waals surface area contributed by atoms with E-state index in [0.717, 1.165) is 22.2 Å². The van der Waals surface area contributed by atoms with Crippen LogP contribution in [-0.2, 0) is 4.74 Å². The fourth-order valence-electron chi connectivity index (χ4n) is 2.30. The summed E-state index contributed by atoms with van der Waals surface area (Å²) in [4.78, 5) is 15.1. The van der Waals surface area contributed by atoms with Gasteiger partial charge in [0.2, 0.25) is 0 Å². The van der Waals surface area contributed by atoms with Gasteiger partial charge in [-0.05, 0) is 40.2 Å². The number of nitrogens with zero attached hydrogens (tertiary/aromatic N) is 1. The fraction of sp³-hybridized carbons (Fsp3) is 0.583. The third-order valence-electron chi connectivity index (χ3n) is 3.35. The van der Waals surface area contributed by atoms with E-state index in [2.05, 4.69) is 15.9 Å². The maximum absolute atomic E-state index is 12.5. The van der Waals surface area contributed by atoms with Gasteiger partial charge < -0.3 is 15.4 Å². The largest absolute Gasteiger partial charge is 0.381 e. The molecule has 19 heavy (non-hydrogen) atoms. The van der Waals surface area contributed by atoms with E-state index in [0.29, 0.717) is 13.1 Å². The van der Waals surface area contributed by atoms with Crippen LogP contribution in [0.1, 0.15) is 22.5 Å². The van der Waals surface area contributed by atoms with Gasteiger partial charge in [0.25, 0.3) is 5.91 Å². The van der Waals surface area contributed by atoms with E-state index in [1.807, 2.05) is 16.3 Å². The van der Waals surface area contributed by atoms with E-state index in [9.17, 15) is 4.79 Å². The van der Waals surface area contributed by atoms with Gasteiger partial charge in [-0.1, -0.05) is 0 Å². The molecule has 4 nitrogen and oxygen atoms in total. The van der Waals surface area contributed by atoms with E-state index in [4.69, 9.17) is 10.5 Å². The molecule has 2 heterocycles. The van der Waals surface area contributed by atoms with Crippen molar-refractivity contribution in [3.63, 3.8) is 0 Å². The van der Waals surface area contributed by atoms with Gasteiger partial charge in [0.05, 0.1) is 6.10 Å². The third kappa shape index (κ3) is 3.70. The minimum atomic E-state index is 0. The summed E-state index contributed by atoms with van der Waals surface area (Å²) in [5, 5.41) is 1.91. The second kappa shape index (κ2) is 7.59. The summed E-state index contributed by atoms with van der Waals surface area (Å²) in [6.45, 7) is 1.19. The summed E-state index contributed by atoms with van der Waals surface area (Å²) in [5.41, 5.74) is 5.78. The van der Waals surface area contributed by atoms with Crippen LogP contribution in [0.3, 0.4) is 0 Å². The van der Waals surface area contributed by atoms with Gasteiger partial charge >= 0.3 is 0 Å². The standard InChI is InChI=1S/C12H17BrN2O2S.ClH/c1-17-9-2-4-15(8(6-9)7-14)12(16)11-10(13)3-5-18-11;/h3,5,8-9H,2,4,6-7,14H2,1H3;1H. The molecule has 108 valence electrons. The molecule has 2 rings (SSSR count). The van der Waals surface area contributed by atoms with E-state index in [1.54, 1.807) is 7.11 Å². The molecule has 1 aromatic rings. The predicted octanol–water partition coefficient (Wildman–Crippen LogP) is 2.51. The highest BCUT2D eigenvalue weighted by Crippen LogP contribution is 2.27. The SMILES string of the molecule is COC1CCN(C(=O)c2sccc2Br)C(CN)C1.Cl. The number of piperidine rings is 1. The number of methoxy groups -OCH3 is 1. The summed E-state index contributed by atoms with van der Waals surface area (Å²) >= 11 is 4.87. The molecule has 7 heteroatoms. The third-order valence-corrected chi connectivity index (χ3v) is 5.17. The molecule has 1 aromatic heterocycles. The molecule has 2 unspecified atom stereocenters. The quantitative estimate of drug-likeness (QED) is 0.890. The monoisotopic (exact) mass is 368 g/mol. The first-order valence-corrected chi connectivity index (χ1v) is 7.61. The summed E-state index contributed by atoms with van der Waals surface area (Å²) in [6, 6.07) is 1.97. The summed E-state index contributed by atoms with van der Waals surface area (Å²) in [5.74, 6) is 0.0712. The second-order valence-electron chi connectivity index (χ2n) is 4.37. The van der Waals surface area contributed by atoms with Gasteiger partial charge in [-0.25, -0.2) is 0 Å². The molecule has 0 bridgehead atoms. The number of hydrogen-bond donors (Lipinski definition) is 1. The number of amides is 1. The maximum Gasteiger partial charge on any atom is 0.265 e. The van der Waals surface area contributed by atoms with Crippen LogP contribution in [0, 0.1) is 0 Å². The van der Waals surface area contributed by atoms with Crippen LogP contribution < -0.4 is 5.73 Å². The first-order valence-electron chi connectivity index (χ1n) is 5.94. The van der Waals surface area contributed by atoms with E-state index in [-0.39, 0.29) is 30.5 Å². The lowest BCUT2D eigenvalue weighted by atomic mass is 9.99. The minimum Gasteiger partial charge on any atom is -0.381 e. The van der Waals surface area contributed by atoms with Crippen molar-refractivity contribution in [3.05, 3.63) is 20.8 Å². The zero-order valence-electron chi connectivity index (χ0n) is 10.7. The lowest BCUT2D eigenvalue weighted by molar-refractivity contribution is 0.0141. The van der Waals surface area contributed by atoms with Crippen molar-refractivity contribution < 1.29 is 9.53 Å². The van der Waals surface area contributed by atoms with Crippen molar-refractivity contribution in [3.8, 4) is 0 Å². The molecule has 2 N–H and O–H groups in total. The second-order valence-corrected chi connectivity index (χ2v) is 6.14. The minimum absolute atomic E-state index is 0. The topological polar surface area (TPSA) is 55.6 Å². The highest BCUT2D eigenvalue weighted by molar-refractivity contribution is 9.10. The van der Waals surface area contributed by atoms with Crippen LogP contribution in [0.2, 0.25) is 0 Å². The van der Waals surface area contributed by atoms with Gasteiger partial charge in [0, 0.05) is 30.7 Å². The Bertz CT molecular complexity index is 430.